The van der Waals surface area contributed by atoms with Crippen LogP contribution in [-0.2, 0) is 4.74 Å². The molecule has 0 aliphatic rings. The van der Waals surface area contributed by atoms with E-state index in [2.05, 4.69) is 5.10 Å². The Morgan fingerprint density at radius 3 is 2.24 bits per heavy atom. The highest BCUT2D eigenvalue weighted by Crippen LogP contribution is 2.28. The van der Waals surface area contributed by atoms with Gasteiger partial charge in [-0.15, -0.1) is 0 Å². The van der Waals surface area contributed by atoms with Crippen molar-refractivity contribution in [2.45, 2.75) is 40.2 Å². The summed E-state index contributed by atoms with van der Waals surface area (Å²) in [6.07, 6.45) is 3.39. The molecule has 0 atom stereocenters. The average Bonchev–Trinajstić information content (AvgIpc) is 3.31. The summed E-state index contributed by atoms with van der Waals surface area (Å²) in [7, 11) is 1.62. The van der Waals surface area contributed by atoms with Crippen molar-refractivity contribution >= 4 is 40.6 Å². The molecule has 0 spiro atoms. The van der Waals surface area contributed by atoms with E-state index in [-0.39, 0.29) is 16.5 Å². The van der Waals surface area contributed by atoms with Gasteiger partial charge >= 0.3 is 5.97 Å². The van der Waals surface area contributed by atoms with Gasteiger partial charge in [0, 0.05) is 35.6 Å². The van der Waals surface area contributed by atoms with Crippen LogP contribution in [0.15, 0.2) is 67.0 Å². The minimum Gasteiger partial charge on any atom is -0.456 e. The maximum absolute atomic E-state index is 13.4. The van der Waals surface area contributed by atoms with E-state index in [9.17, 15) is 14.4 Å². The number of hydrogen-bond acceptors (Lipinski definition) is 5. The van der Waals surface area contributed by atoms with Crippen LogP contribution in [0.4, 0.5) is 5.69 Å². The lowest BCUT2D eigenvalue weighted by molar-refractivity contribution is 0.00695. The summed E-state index contributed by atoms with van der Waals surface area (Å²) < 4.78 is 7.10. The number of pyridine rings is 1. The quantitative estimate of drug-likeness (QED) is 0.315. The highest BCUT2D eigenvalue weighted by atomic mass is 35.5. The first-order chi connectivity index (χ1) is 17.9. The van der Waals surface area contributed by atoms with Crippen LogP contribution in [0, 0.1) is 0 Å². The molecule has 38 heavy (non-hydrogen) atoms. The maximum Gasteiger partial charge on any atom is 0.340 e. The van der Waals surface area contributed by atoms with Crippen LogP contribution in [0.3, 0.4) is 0 Å². The third kappa shape index (κ3) is 6.20. The number of amides is 2. The number of aromatic nitrogens is 2. The Bertz CT molecular complexity index is 1490. The van der Waals surface area contributed by atoms with Crippen LogP contribution in [0.5, 0.6) is 0 Å². The summed E-state index contributed by atoms with van der Waals surface area (Å²) in [6.45, 7) is 9.31. The smallest absolute Gasteiger partial charge is 0.340 e. The molecule has 0 fully saturated rings. The fourth-order valence-electron chi connectivity index (χ4n) is 3.67. The molecule has 0 bridgehead atoms. The minimum absolute atomic E-state index is 0.177. The second-order valence-electron chi connectivity index (χ2n) is 9.28. The van der Waals surface area contributed by atoms with Gasteiger partial charge in [-0.1, -0.05) is 37.6 Å². The number of anilines is 1. The molecule has 0 saturated heterocycles. The zero-order chi connectivity index (χ0) is 28.2. The van der Waals surface area contributed by atoms with Gasteiger partial charge in [0.1, 0.15) is 5.60 Å². The molecule has 9 heteroatoms. The second kappa shape index (κ2) is 11.5. The number of ether oxygens (including phenoxy) is 1. The SMILES string of the molecule is CC.CN(C(=O)c1ccn2ncc(-c3ccc(C(N)=O)cc3)c2c1)c1ccc(Cl)c(C(=O)OC(C)(C)C)c1. The van der Waals surface area contributed by atoms with E-state index < -0.39 is 17.5 Å². The minimum atomic E-state index is -0.684. The van der Waals surface area contributed by atoms with E-state index in [0.29, 0.717) is 22.3 Å². The Labute approximate surface area is 227 Å². The van der Waals surface area contributed by atoms with Crippen LogP contribution in [-0.4, -0.2) is 40.0 Å². The number of carbonyl (C=O) groups is 3. The molecule has 198 valence electrons. The lowest BCUT2D eigenvalue weighted by Gasteiger charge is -2.22. The molecule has 2 N–H and O–H groups in total. The Kier molecular flexibility index (Phi) is 8.58. The first-order valence-electron chi connectivity index (χ1n) is 12.1. The lowest BCUT2D eigenvalue weighted by Crippen LogP contribution is -2.27. The molecule has 0 saturated carbocycles. The van der Waals surface area contributed by atoms with Crippen molar-refractivity contribution < 1.29 is 19.1 Å². The van der Waals surface area contributed by atoms with Gasteiger partial charge in [-0.25, -0.2) is 9.31 Å². The first kappa shape index (κ1) is 28.4. The van der Waals surface area contributed by atoms with E-state index in [0.717, 1.165) is 11.1 Å². The first-order valence-corrected chi connectivity index (χ1v) is 12.5. The topological polar surface area (TPSA) is 107 Å². The zero-order valence-electron chi connectivity index (χ0n) is 22.3. The van der Waals surface area contributed by atoms with E-state index in [1.807, 2.05) is 13.8 Å². The summed E-state index contributed by atoms with van der Waals surface area (Å²) >= 11 is 6.24. The van der Waals surface area contributed by atoms with Crippen molar-refractivity contribution in [1.29, 1.82) is 0 Å². The number of rotatable bonds is 5. The fourth-order valence-corrected chi connectivity index (χ4v) is 3.87. The second-order valence-corrected chi connectivity index (χ2v) is 9.68. The molecule has 0 aliphatic carbocycles. The Hall–Kier alpha value is -4.17. The number of primary amides is 1. The Morgan fingerprint density at radius 2 is 1.63 bits per heavy atom. The third-order valence-electron chi connectivity index (χ3n) is 5.51. The summed E-state index contributed by atoms with van der Waals surface area (Å²) in [5.74, 6) is -1.36. The van der Waals surface area contributed by atoms with Crippen molar-refractivity contribution in [3.05, 3.63) is 88.7 Å². The number of carbonyl (C=O) groups excluding carboxylic acids is 3. The number of halogens is 1. The summed E-state index contributed by atoms with van der Waals surface area (Å²) in [4.78, 5) is 38.8. The van der Waals surface area contributed by atoms with Crippen LogP contribution < -0.4 is 10.6 Å². The highest BCUT2D eigenvalue weighted by Gasteiger charge is 2.22. The van der Waals surface area contributed by atoms with Crippen LogP contribution in [0.1, 0.15) is 65.7 Å². The van der Waals surface area contributed by atoms with Crippen LogP contribution in [0.2, 0.25) is 5.02 Å². The molecule has 8 nitrogen and oxygen atoms in total. The van der Waals surface area contributed by atoms with Gasteiger partial charge in [0.25, 0.3) is 5.91 Å². The predicted octanol–water partition coefficient (Wildman–Crippen LogP) is 6.01. The predicted molar refractivity (Wildman–Crippen MR) is 150 cm³/mol. The summed E-state index contributed by atoms with van der Waals surface area (Å²) in [5.41, 5.74) is 8.48. The molecule has 2 amide bonds. The van der Waals surface area contributed by atoms with Gasteiger partial charge in [-0.3, -0.25) is 9.59 Å². The largest absolute Gasteiger partial charge is 0.456 e. The summed E-state index contributed by atoms with van der Waals surface area (Å²) in [5, 5.41) is 4.60. The van der Waals surface area contributed by atoms with E-state index in [1.165, 1.54) is 11.0 Å². The zero-order valence-corrected chi connectivity index (χ0v) is 23.0. The lowest BCUT2D eigenvalue weighted by atomic mass is 10.0. The molecular weight excluding hydrogens is 504 g/mol. The molecule has 2 aromatic carbocycles. The Balaban J connectivity index is 0.00000195. The molecule has 2 heterocycles. The third-order valence-corrected chi connectivity index (χ3v) is 5.84. The van der Waals surface area contributed by atoms with Crippen LogP contribution >= 0.6 is 11.6 Å². The number of fused-ring (bicyclic) bond motifs is 1. The van der Waals surface area contributed by atoms with E-state index >= 15 is 0 Å². The molecule has 0 radical (unpaired) electrons. The van der Waals surface area contributed by atoms with Crippen molar-refractivity contribution in [3.8, 4) is 11.1 Å². The highest BCUT2D eigenvalue weighted by molar-refractivity contribution is 6.33. The Morgan fingerprint density at radius 1 is 0.974 bits per heavy atom. The normalized spacial score (nSPS) is 10.9. The van der Waals surface area contributed by atoms with Crippen molar-refractivity contribution in [2.75, 3.05) is 11.9 Å². The fraction of sp³-hybridized carbons (Fsp3) is 0.241. The molecule has 4 rings (SSSR count). The van der Waals surface area contributed by atoms with Crippen molar-refractivity contribution in [1.82, 2.24) is 9.61 Å². The number of hydrogen-bond donors (Lipinski definition) is 1. The van der Waals surface area contributed by atoms with Gasteiger partial charge in [0.15, 0.2) is 0 Å². The van der Waals surface area contributed by atoms with E-state index in [1.54, 1.807) is 93.3 Å². The molecule has 2 aromatic heterocycles. The molecule has 0 aliphatic heterocycles. The van der Waals surface area contributed by atoms with Gasteiger partial charge < -0.3 is 15.4 Å². The van der Waals surface area contributed by atoms with Gasteiger partial charge in [0.2, 0.25) is 5.91 Å². The van der Waals surface area contributed by atoms with E-state index in [4.69, 9.17) is 22.1 Å². The van der Waals surface area contributed by atoms with Gasteiger partial charge in [-0.05, 0) is 68.8 Å². The molecule has 0 unspecified atom stereocenters. The maximum atomic E-state index is 13.4. The molecular formula is C29H31ClN4O4. The number of benzene rings is 2. The van der Waals surface area contributed by atoms with Crippen molar-refractivity contribution in [3.63, 3.8) is 0 Å². The standard InChI is InChI=1S/C27H25ClN4O4.C2H6/c1-27(2,3)36-26(35)20-14-19(9-10-22(20)28)31(4)25(34)18-11-12-32-23(13-18)21(15-30-32)16-5-7-17(8-6-16)24(29)33;1-2/h5-15H,1-4H3,(H2,29,33);1-2H3. The number of nitrogens with zero attached hydrogens (tertiary/aromatic N) is 3. The van der Waals surface area contributed by atoms with Crippen molar-refractivity contribution in [2.24, 2.45) is 5.73 Å². The van der Waals surface area contributed by atoms with Gasteiger partial charge in [0.05, 0.1) is 22.3 Å². The summed E-state index contributed by atoms with van der Waals surface area (Å²) in [6, 6.07) is 15.0. The number of esters is 1. The number of nitrogens with two attached hydrogens (primary N) is 1. The van der Waals surface area contributed by atoms with Crippen LogP contribution in [0.25, 0.3) is 16.6 Å². The monoisotopic (exact) mass is 534 g/mol. The molecule has 4 aromatic rings. The van der Waals surface area contributed by atoms with Gasteiger partial charge in [-0.2, -0.15) is 5.10 Å². The average molecular weight is 535 g/mol.